The first kappa shape index (κ1) is 27.6. The van der Waals surface area contributed by atoms with Crippen LogP contribution in [0.4, 0.5) is 0 Å². The molecule has 1 fully saturated rings. The summed E-state index contributed by atoms with van der Waals surface area (Å²) in [6.07, 6.45) is -0.727. The van der Waals surface area contributed by atoms with Crippen molar-refractivity contribution in [2.45, 2.75) is 25.7 Å². The van der Waals surface area contributed by atoms with Crippen LogP contribution in [0.3, 0.4) is 0 Å². The smallest absolute Gasteiger partial charge is 0.337 e. The molecule has 200 valence electrons. The predicted octanol–water partition coefficient (Wildman–Crippen LogP) is 5.00. The van der Waals surface area contributed by atoms with Crippen LogP contribution in [-0.4, -0.2) is 67.6 Å². The number of carbonyl (C=O) groups is 2. The van der Waals surface area contributed by atoms with Gasteiger partial charge in [-0.3, -0.25) is 9.69 Å². The van der Waals surface area contributed by atoms with Gasteiger partial charge in [0.2, 0.25) is 0 Å². The Hall–Kier alpha value is -3.39. The van der Waals surface area contributed by atoms with Crippen LogP contribution in [0.1, 0.15) is 34.5 Å². The molecular weight excluding hydrogens is 504 g/mol. The quantitative estimate of drug-likeness (QED) is 0.340. The molecule has 0 bridgehead atoms. The number of piperazine rings is 1. The highest BCUT2D eigenvalue weighted by molar-refractivity contribution is 6.30. The van der Waals surface area contributed by atoms with Gasteiger partial charge in [0.05, 0.1) is 25.4 Å². The summed E-state index contributed by atoms with van der Waals surface area (Å²) >= 11 is 6.12. The van der Waals surface area contributed by atoms with Crippen LogP contribution in [0.15, 0.2) is 78.9 Å². The highest BCUT2D eigenvalue weighted by atomic mass is 35.5. The Morgan fingerprint density at radius 3 is 2.18 bits per heavy atom. The lowest BCUT2D eigenvalue weighted by Gasteiger charge is -2.37. The number of hydrogen-bond acceptors (Lipinski definition) is 6. The number of nitrogens with zero attached hydrogens (tertiary/aromatic N) is 2. The van der Waals surface area contributed by atoms with Crippen molar-refractivity contribution in [3.05, 3.63) is 101 Å². The van der Waals surface area contributed by atoms with E-state index in [0.717, 1.165) is 24.2 Å². The molecule has 0 saturated carbocycles. The summed E-state index contributed by atoms with van der Waals surface area (Å²) in [4.78, 5) is 28.8. The van der Waals surface area contributed by atoms with E-state index in [1.165, 1.54) is 7.11 Å². The molecule has 4 rings (SSSR count). The number of halogens is 1. The van der Waals surface area contributed by atoms with Gasteiger partial charge in [0, 0.05) is 37.7 Å². The van der Waals surface area contributed by atoms with Gasteiger partial charge >= 0.3 is 5.97 Å². The number of rotatable bonds is 10. The van der Waals surface area contributed by atoms with E-state index in [2.05, 4.69) is 4.90 Å². The van der Waals surface area contributed by atoms with Gasteiger partial charge in [-0.15, -0.1) is 0 Å². The van der Waals surface area contributed by atoms with Crippen molar-refractivity contribution in [2.75, 3.05) is 39.8 Å². The Morgan fingerprint density at radius 2 is 1.55 bits per heavy atom. The number of para-hydroxylation sites is 1. The van der Waals surface area contributed by atoms with E-state index in [1.807, 2.05) is 71.6 Å². The fourth-order valence-electron chi connectivity index (χ4n) is 4.38. The lowest BCUT2D eigenvalue weighted by atomic mass is 10.1. The molecule has 38 heavy (non-hydrogen) atoms. The minimum Gasteiger partial charge on any atom is -0.481 e. The van der Waals surface area contributed by atoms with Crippen LogP contribution in [-0.2, 0) is 20.9 Å². The second kappa shape index (κ2) is 13.4. The number of hydrogen-bond donors (Lipinski definition) is 0. The largest absolute Gasteiger partial charge is 0.481 e. The predicted molar refractivity (Wildman–Crippen MR) is 146 cm³/mol. The van der Waals surface area contributed by atoms with Crippen molar-refractivity contribution in [2.24, 2.45) is 0 Å². The third-order valence-corrected chi connectivity index (χ3v) is 6.83. The highest BCUT2D eigenvalue weighted by Gasteiger charge is 2.27. The molecule has 3 aromatic rings. The molecule has 3 aromatic carbocycles. The number of benzene rings is 3. The fourth-order valence-corrected chi connectivity index (χ4v) is 4.51. The fraction of sp³-hybridized carbons (Fsp3) is 0.333. The first-order chi connectivity index (χ1) is 18.4. The van der Waals surface area contributed by atoms with Crippen LogP contribution in [0.5, 0.6) is 5.75 Å². The number of methoxy groups -OCH3 is 1. The average Bonchev–Trinajstić information content (AvgIpc) is 2.96. The summed E-state index contributed by atoms with van der Waals surface area (Å²) in [6.45, 7) is 5.61. The second-order valence-electron chi connectivity index (χ2n) is 9.24. The van der Waals surface area contributed by atoms with Crippen LogP contribution in [0.25, 0.3) is 0 Å². The maximum atomic E-state index is 12.9. The zero-order chi connectivity index (χ0) is 26.9. The molecule has 1 amide bonds. The molecular formula is C30H33ClN2O5. The number of carbonyl (C=O) groups excluding carboxylic acids is 2. The summed E-state index contributed by atoms with van der Waals surface area (Å²) in [5.74, 6) is 0.319. The molecule has 0 aromatic heterocycles. The van der Waals surface area contributed by atoms with Gasteiger partial charge in [0.15, 0.2) is 6.10 Å². The topological polar surface area (TPSA) is 68.3 Å². The minimum absolute atomic E-state index is 0.00518. The molecule has 1 saturated heterocycles. The van der Waals surface area contributed by atoms with E-state index in [1.54, 1.807) is 19.1 Å². The van der Waals surface area contributed by atoms with Crippen LogP contribution in [0.2, 0.25) is 5.02 Å². The third kappa shape index (κ3) is 7.57. The first-order valence-electron chi connectivity index (χ1n) is 12.7. The Morgan fingerprint density at radius 1 is 0.895 bits per heavy atom. The molecule has 1 heterocycles. The van der Waals surface area contributed by atoms with Crippen LogP contribution < -0.4 is 4.74 Å². The first-order valence-corrected chi connectivity index (χ1v) is 13.1. The number of esters is 1. The average molecular weight is 537 g/mol. The standard InChI is InChI=1S/C30H33ClN2O5/c1-22(38-27-6-4-3-5-7-27)29(34)33-18-16-32(17-19-33)20-28(24-12-14-26(31)15-13-24)37-21-23-8-10-25(11-9-23)30(35)36-2/h3-15,22,28H,16-21H2,1-2H3/t22-,28-/m1/s1. The molecule has 7 nitrogen and oxygen atoms in total. The Bertz CT molecular complexity index is 1180. The molecule has 2 atom stereocenters. The number of ether oxygens (including phenoxy) is 3. The second-order valence-corrected chi connectivity index (χ2v) is 9.68. The minimum atomic E-state index is -0.542. The molecule has 0 unspecified atom stereocenters. The monoisotopic (exact) mass is 536 g/mol. The molecule has 8 heteroatoms. The SMILES string of the molecule is COC(=O)c1ccc(CO[C@H](CN2CCN(C(=O)[C@@H](C)Oc3ccccc3)CC2)c2ccc(Cl)cc2)cc1. The van der Waals surface area contributed by atoms with Crippen molar-refractivity contribution in [1.29, 1.82) is 0 Å². The summed E-state index contributed by atoms with van der Waals surface area (Å²) in [5, 5.41) is 0.671. The normalized spacial score (nSPS) is 15.5. The summed E-state index contributed by atoms with van der Waals surface area (Å²) < 4.78 is 17.0. The summed E-state index contributed by atoms with van der Waals surface area (Å²) in [7, 11) is 1.37. The molecule has 1 aliphatic heterocycles. The van der Waals surface area contributed by atoms with E-state index < -0.39 is 6.10 Å². The maximum Gasteiger partial charge on any atom is 0.337 e. The van der Waals surface area contributed by atoms with Gasteiger partial charge in [-0.1, -0.05) is 54.1 Å². The van der Waals surface area contributed by atoms with Crippen molar-refractivity contribution >= 4 is 23.5 Å². The third-order valence-electron chi connectivity index (χ3n) is 6.58. The zero-order valence-electron chi connectivity index (χ0n) is 21.7. The number of amides is 1. The van der Waals surface area contributed by atoms with Crippen molar-refractivity contribution in [3.8, 4) is 5.75 Å². The van der Waals surface area contributed by atoms with Crippen LogP contribution >= 0.6 is 11.6 Å². The molecule has 0 radical (unpaired) electrons. The van der Waals surface area contributed by atoms with Gasteiger partial charge in [-0.25, -0.2) is 4.79 Å². The summed E-state index contributed by atoms with van der Waals surface area (Å²) in [5.41, 5.74) is 2.49. The van der Waals surface area contributed by atoms with Gasteiger partial charge in [-0.2, -0.15) is 0 Å². The molecule has 0 aliphatic carbocycles. The maximum absolute atomic E-state index is 12.9. The molecule has 1 aliphatic rings. The van der Waals surface area contributed by atoms with Gasteiger partial charge in [0.25, 0.3) is 5.91 Å². The molecule has 0 N–H and O–H groups in total. The molecule has 0 spiro atoms. The van der Waals surface area contributed by atoms with Gasteiger partial charge < -0.3 is 19.1 Å². The Balaban J connectivity index is 1.34. The Kier molecular flexibility index (Phi) is 9.76. The van der Waals surface area contributed by atoms with Gasteiger partial charge in [0.1, 0.15) is 5.75 Å². The van der Waals surface area contributed by atoms with E-state index in [9.17, 15) is 9.59 Å². The van der Waals surface area contributed by atoms with E-state index in [4.69, 9.17) is 25.8 Å². The van der Waals surface area contributed by atoms with E-state index >= 15 is 0 Å². The van der Waals surface area contributed by atoms with E-state index in [0.29, 0.717) is 42.6 Å². The van der Waals surface area contributed by atoms with E-state index in [-0.39, 0.29) is 18.0 Å². The van der Waals surface area contributed by atoms with Crippen LogP contribution in [0, 0.1) is 0 Å². The lowest BCUT2D eigenvalue weighted by Crippen LogP contribution is -2.52. The Labute approximate surface area is 228 Å². The lowest BCUT2D eigenvalue weighted by molar-refractivity contribution is -0.140. The summed E-state index contributed by atoms with van der Waals surface area (Å²) in [6, 6.07) is 24.3. The van der Waals surface area contributed by atoms with Crippen molar-refractivity contribution < 1.29 is 23.8 Å². The highest BCUT2D eigenvalue weighted by Crippen LogP contribution is 2.24. The van der Waals surface area contributed by atoms with Crippen molar-refractivity contribution in [1.82, 2.24) is 9.80 Å². The van der Waals surface area contributed by atoms with Gasteiger partial charge in [-0.05, 0) is 54.4 Å². The zero-order valence-corrected chi connectivity index (χ0v) is 22.5. The van der Waals surface area contributed by atoms with Crippen molar-refractivity contribution in [3.63, 3.8) is 0 Å².